The number of thioether (sulfide) groups is 1. The summed E-state index contributed by atoms with van der Waals surface area (Å²) in [6.45, 7) is 7.06. The van der Waals surface area contributed by atoms with Crippen LogP contribution in [-0.2, 0) is 19.5 Å². The summed E-state index contributed by atoms with van der Waals surface area (Å²) < 4.78 is 2.03. The molecule has 1 N–H and O–H groups in total. The molecule has 1 aliphatic heterocycles. The summed E-state index contributed by atoms with van der Waals surface area (Å²) in [5.41, 5.74) is 6.14. The van der Waals surface area contributed by atoms with E-state index in [9.17, 15) is 0 Å². The fourth-order valence-corrected chi connectivity index (χ4v) is 4.46. The molecule has 5 nitrogen and oxygen atoms in total. The Morgan fingerprint density at radius 3 is 2.92 bits per heavy atom. The molecule has 0 aliphatic carbocycles. The van der Waals surface area contributed by atoms with E-state index in [1.54, 1.807) is 0 Å². The highest BCUT2D eigenvalue weighted by atomic mass is 32.2. The van der Waals surface area contributed by atoms with E-state index in [2.05, 4.69) is 70.5 Å². The Kier molecular flexibility index (Phi) is 4.87. The first-order chi connectivity index (χ1) is 12.7. The van der Waals surface area contributed by atoms with Crippen LogP contribution in [0.4, 0.5) is 0 Å². The van der Waals surface area contributed by atoms with Gasteiger partial charge in [-0.1, -0.05) is 18.2 Å². The fraction of sp³-hybridized carbons (Fsp3) is 0.400. The number of aryl methyl sites for hydroxylation is 2. The third-order valence-corrected chi connectivity index (χ3v) is 6.03. The van der Waals surface area contributed by atoms with Crippen LogP contribution in [0.2, 0.25) is 0 Å². The minimum atomic E-state index is 0.153. The number of imidazole rings is 1. The van der Waals surface area contributed by atoms with Crippen LogP contribution in [0.3, 0.4) is 0 Å². The lowest BCUT2D eigenvalue weighted by molar-refractivity contribution is 0.198. The Morgan fingerprint density at radius 2 is 2.15 bits per heavy atom. The molecule has 0 radical (unpaired) electrons. The number of nitrogens with zero attached hydrogens (tertiary/aromatic N) is 4. The number of H-pyrrole nitrogens is 1. The van der Waals surface area contributed by atoms with Gasteiger partial charge < -0.3 is 4.98 Å². The van der Waals surface area contributed by atoms with Gasteiger partial charge in [-0.25, -0.2) is 4.98 Å². The van der Waals surface area contributed by atoms with Crippen molar-refractivity contribution in [3.8, 4) is 0 Å². The second-order valence-electron chi connectivity index (χ2n) is 6.73. The quantitative estimate of drug-likeness (QED) is 0.697. The van der Waals surface area contributed by atoms with Crippen molar-refractivity contribution in [1.82, 2.24) is 24.6 Å². The Bertz CT molecular complexity index is 897. The summed E-state index contributed by atoms with van der Waals surface area (Å²) in [6.07, 6.45) is 7.18. The van der Waals surface area contributed by atoms with E-state index < -0.39 is 0 Å². The number of hydrogen-bond acceptors (Lipinski definition) is 4. The number of aromatic amines is 1. The summed E-state index contributed by atoms with van der Waals surface area (Å²) in [5, 5.41) is 4.68. The zero-order valence-electron chi connectivity index (χ0n) is 15.6. The maximum atomic E-state index is 4.69. The number of benzene rings is 1. The summed E-state index contributed by atoms with van der Waals surface area (Å²) in [5.74, 6) is 0. The molecule has 0 unspecified atom stereocenters. The molecule has 4 rings (SSSR count). The maximum Gasteiger partial charge on any atom is 0.0926 e. The van der Waals surface area contributed by atoms with Crippen LogP contribution in [0, 0.1) is 6.92 Å². The van der Waals surface area contributed by atoms with E-state index in [1.165, 1.54) is 21.7 Å². The first-order valence-electron chi connectivity index (χ1n) is 9.13. The zero-order chi connectivity index (χ0) is 18.1. The van der Waals surface area contributed by atoms with Crippen molar-refractivity contribution in [3.63, 3.8) is 0 Å². The van der Waals surface area contributed by atoms with Gasteiger partial charge in [0.15, 0.2) is 0 Å². The number of hydrogen-bond donors (Lipinski definition) is 1. The van der Waals surface area contributed by atoms with Crippen LogP contribution < -0.4 is 0 Å². The lowest BCUT2D eigenvalue weighted by atomic mass is 9.95. The highest BCUT2D eigenvalue weighted by Crippen LogP contribution is 2.36. The summed E-state index contributed by atoms with van der Waals surface area (Å²) in [4.78, 5) is 11.9. The molecule has 3 aromatic rings. The second kappa shape index (κ2) is 7.29. The predicted molar refractivity (Wildman–Crippen MR) is 105 cm³/mol. The monoisotopic (exact) mass is 367 g/mol. The highest BCUT2D eigenvalue weighted by Gasteiger charge is 2.33. The topological polar surface area (TPSA) is 49.7 Å². The van der Waals surface area contributed by atoms with Gasteiger partial charge in [0.1, 0.15) is 0 Å². The van der Waals surface area contributed by atoms with Crippen molar-refractivity contribution in [2.75, 3.05) is 12.8 Å². The van der Waals surface area contributed by atoms with Crippen molar-refractivity contribution in [1.29, 1.82) is 0 Å². The second-order valence-corrected chi connectivity index (χ2v) is 7.57. The molecule has 1 atom stereocenters. The number of rotatable bonds is 5. The van der Waals surface area contributed by atoms with Gasteiger partial charge >= 0.3 is 0 Å². The minimum absolute atomic E-state index is 0.153. The van der Waals surface area contributed by atoms with E-state index >= 15 is 0 Å². The fourth-order valence-electron chi connectivity index (χ4n) is 3.86. The van der Waals surface area contributed by atoms with Gasteiger partial charge in [0.05, 0.1) is 23.8 Å². The van der Waals surface area contributed by atoms with Gasteiger partial charge in [0.2, 0.25) is 0 Å². The first-order valence-corrected chi connectivity index (χ1v) is 10.4. The normalized spacial score (nSPS) is 17.4. The summed E-state index contributed by atoms with van der Waals surface area (Å²) in [7, 11) is 0. The SMILES string of the molecule is CCn1cc([C@H]2c3nc[nH]c3CCN2Cc2ccccc2SC)c(C)n1. The van der Waals surface area contributed by atoms with Gasteiger partial charge in [-0.05, 0) is 31.7 Å². The number of aromatic nitrogens is 4. The van der Waals surface area contributed by atoms with E-state index in [1.807, 2.05) is 22.8 Å². The molecule has 0 fully saturated rings. The molecular formula is C20H25N5S. The van der Waals surface area contributed by atoms with E-state index in [0.717, 1.165) is 37.4 Å². The molecule has 6 heteroatoms. The minimum Gasteiger partial charge on any atom is -0.348 e. The van der Waals surface area contributed by atoms with Crippen molar-refractivity contribution < 1.29 is 0 Å². The average Bonchev–Trinajstić information content (AvgIpc) is 3.28. The molecule has 1 aromatic carbocycles. The van der Waals surface area contributed by atoms with Crippen molar-refractivity contribution in [2.45, 2.75) is 44.3 Å². The van der Waals surface area contributed by atoms with E-state index in [4.69, 9.17) is 0 Å². The largest absolute Gasteiger partial charge is 0.348 e. The molecule has 0 saturated carbocycles. The van der Waals surface area contributed by atoms with Gasteiger partial charge in [0, 0.05) is 48.4 Å². The Morgan fingerprint density at radius 1 is 1.31 bits per heavy atom. The van der Waals surface area contributed by atoms with Gasteiger partial charge in [-0.3, -0.25) is 9.58 Å². The standard InChI is InChI=1S/C20H25N5S/c1-4-25-12-16(14(2)23-25)20-19-17(21-13-22-19)9-10-24(20)11-15-7-5-6-8-18(15)26-3/h5-8,12-13,20H,4,9-11H2,1-3H3,(H,21,22)/t20-/m0/s1. The molecule has 2 aromatic heterocycles. The van der Waals surface area contributed by atoms with Crippen molar-refractivity contribution >= 4 is 11.8 Å². The molecule has 26 heavy (non-hydrogen) atoms. The van der Waals surface area contributed by atoms with E-state index in [0.29, 0.717) is 0 Å². The average molecular weight is 368 g/mol. The van der Waals surface area contributed by atoms with Crippen LogP contribution in [0.5, 0.6) is 0 Å². The Balaban J connectivity index is 1.74. The maximum absolute atomic E-state index is 4.69. The van der Waals surface area contributed by atoms with Crippen LogP contribution >= 0.6 is 11.8 Å². The number of nitrogens with one attached hydrogen (secondary N) is 1. The Hall–Kier alpha value is -2.05. The Labute approximate surface area is 158 Å². The van der Waals surface area contributed by atoms with Crippen LogP contribution in [-0.4, -0.2) is 37.4 Å². The molecule has 0 amide bonds. The highest BCUT2D eigenvalue weighted by molar-refractivity contribution is 7.98. The molecule has 3 heterocycles. The third kappa shape index (κ3) is 3.08. The van der Waals surface area contributed by atoms with Gasteiger partial charge in [-0.2, -0.15) is 5.10 Å². The lowest BCUT2D eigenvalue weighted by Gasteiger charge is -2.35. The molecule has 0 bridgehead atoms. The van der Waals surface area contributed by atoms with E-state index in [-0.39, 0.29) is 6.04 Å². The van der Waals surface area contributed by atoms with Crippen LogP contribution in [0.25, 0.3) is 0 Å². The lowest BCUT2D eigenvalue weighted by Crippen LogP contribution is -2.36. The summed E-state index contributed by atoms with van der Waals surface area (Å²) >= 11 is 1.81. The zero-order valence-corrected chi connectivity index (χ0v) is 16.4. The molecule has 0 spiro atoms. The smallest absolute Gasteiger partial charge is 0.0926 e. The predicted octanol–water partition coefficient (Wildman–Crippen LogP) is 3.80. The van der Waals surface area contributed by atoms with Gasteiger partial charge in [0.25, 0.3) is 0 Å². The molecular weight excluding hydrogens is 342 g/mol. The van der Waals surface area contributed by atoms with Gasteiger partial charge in [-0.15, -0.1) is 11.8 Å². The molecule has 0 saturated heterocycles. The van der Waals surface area contributed by atoms with Crippen LogP contribution in [0.1, 0.15) is 41.2 Å². The van der Waals surface area contributed by atoms with Crippen molar-refractivity contribution in [2.24, 2.45) is 0 Å². The number of fused-ring (bicyclic) bond motifs is 1. The summed E-state index contributed by atoms with van der Waals surface area (Å²) in [6, 6.07) is 8.85. The van der Waals surface area contributed by atoms with Crippen LogP contribution in [0.15, 0.2) is 41.7 Å². The van der Waals surface area contributed by atoms with Crippen molar-refractivity contribution in [3.05, 3.63) is 65.0 Å². The molecule has 136 valence electrons. The third-order valence-electron chi connectivity index (χ3n) is 5.19. The first kappa shape index (κ1) is 17.4. The molecule has 1 aliphatic rings.